The van der Waals surface area contributed by atoms with Crippen LogP contribution in [0, 0.1) is 0 Å². The zero-order valence-electron chi connectivity index (χ0n) is 12.7. The maximum absolute atomic E-state index is 8.99. The van der Waals surface area contributed by atoms with E-state index in [4.69, 9.17) is 10.8 Å². The van der Waals surface area contributed by atoms with E-state index in [1.165, 1.54) is 10.4 Å². The van der Waals surface area contributed by atoms with Crippen molar-refractivity contribution in [2.45, 2.75) is 31.5 Å². The Balaban J connectivity index is 2.35. The molecule has 0 amide bonds. The number of benzene rings is 2. The van der Waals surface area contributed by atoms with Gasteiger partial charge in [0.1, 0.15) is 8.07 Å². The summed E-state index contributed by atoms with van der Waals surface area (Å²) >= 11 is 0. The lowest BCUT2D eigenvalue weighted by atomic mass is 10.2. The van der Waals surface area contributed by atoms with E-state index >= 15 is 0 Å². The number of aliphatic hydroxyl groups excluding tert-OH is 1. The Hall–Kier alpha value is -1.42. The molecule has 0 radical (unpaired) electrons. The van der Waals surface area contributed by atoms with E-state index < -0.39 is 8.07 Å². The largest absolute Gasteiger partial charge is 0.396 e. The van der Waals surface area contributed by atoms with E-state index in [2.05, 4.69) is 67.2 Å². The number of nitrogens with two attached hydrogens (primary N) is 1. The lowest BCUT2D eigenvalue weighted by molar-refractivity contribution is 0.283. The predicted octanol–water partition coefficient (Wildman–Crippen LogP) is 1.91. The van der Waals surface area contributed by atoms with Crippen LogP contribution in [0.5, 0.6) is 0 Å². The normalized spacial score (nSPS) is 13.1. The van der Waals surface area contributed by atoms with Crippen molar-refractivity contribution in [3.8, 4) is 0 Å². The molecule has 0 bridgehead atoms. The summed E-state index contributed by atoms with van der Waals surface area (Å²) in [6.07, 6.45) is 2.79. The lowest BCUT2D eigenvalue weighted by Gasteiger charge is -2.35. The monoisotopic (exact) mass is 299 g/mol. The van der Waals surface area contributed by atoms with Gasteiger partial charge in [-0.05, 0) is 19.3 Å². The Kier molecular flexibility index (Phi) is 5.73. The van der Waals surface area contributed by atoms with Crippen molar-refractivity contribution in [2.75, 3.05) is 6.61 Å². The molecule has 0 aliphatic rings. The molecular weight excluding hydrogens is 274 g/mol. The van der Waals surface area contributed by atoms with Crippen LogP contribution in [0.1, 0.15) is 19.3 Å². The topological polar surface area (TPSA) is 46.2 Å². The first-order valence-electron chi connectivity index (χ1n) is 7.67. The molecule has 0 saturated carbocycles. The van der Waals surface area contributed by atoms with Gasteiger partial charge >= 0.3 is 0 Å². The standard InChI is InChI=1S/C18H25NOSi/c1-21(16-10-4-2-5-11-16,17-12-6-3-7-13-17)18(19)14-8-9-15-20/h2-7,10-13,18,20H,8-9,14-15,19H2,1H3/t18-/m1/s1. The zero-order valence-corrected chi connectivity index (χ0v) is 13.7. The van der Waals surface area contributed by atoms with Crippen LogP contribution in [0.4, 0.5) is 0 Å². The van der Waals surface area contributed by atoms with Gasteiger partial charge in [0.05, 0.1) is 0 Å². The fraction of sp³-hybridized carbons (Fsp3) is 0.333. The number of aliphatic hydroxyl groups is 1. The Labute approximate surface area is 128 Å². The number of unbranched alkanes of at least 4 members (excludes halogenated alkanes) is 1. The molecule has 0 spiro atoms. The van der Waals surface area contributed by atoms with Gasteiger partial charge in [0.2, 0.25) is 0 Å². The van der Waals surface area contributed by atoms with Crippen molar-refractivity contribution in [2.24, 2.45) is 5.73 Å². The molecule has 0 unspecified atom stereocenters. The third-order valence-electron chi connectivity index (χ3n) is 4.41. The van der Waals surface area contributed by atoms with Gasteiger partial charge in [-0.3, -0.25) is 0 Å². The number of rotatable bonds is 7. The fourth-order valence-electron chi connectivity index (χ4n) is 2.93. The molecule has 1 atom stereocenters. The SMILES string of the molecule is C[Si](c1ccccc1)(c1ccccc1)[C@@H](N)CCCCO. The summed E-state index contributed by atoms with van der Waals surface area (Å²) in [5.41, 5.74) is 6.80. The minimum atomic E-state index is -1.96. The summed E-state index contributed by atoms with van der Waals surface area (Å²) in [7, 11) is -1.96. The molecule has 21 heavy (non-hydrogen) atoms. The molecule has 2 rings (SSSR count). The zero-order chi connectivity index (χ0) is 15.1. The van der Waals surface area contributed by atoms with Crippen molar-refractivity contribution in [3.63, 3.8) is 0 Å². The maximum atomic E-state index is 8.99. The summed E-state index contributed by atoms with van der Waals surface area (Å²) in [4.78, 5) is 0. The summed E-state index contributed by atoms with van der Waals surface area (Å²) < 4.78 is 0. The minimum Gasteiger partial charge on any atom is -0.396 e. The predicted molar refractivity (Wildman–Crippen MR) is 92.7 cm³/mol. The molecule has 0 fully saturated rings. The maximum Gasteiger partial charge on any atom is 0.131 e. The highest BCUT2D eigenvalue weighted by molar-refractivity contribution is 7.02. The first-order valence-corrected chi connectivity index (χ1v) is 10.2. The molecule has 0 heterocycles. The highest BCUT2D eigenvalue weighted by Crippen LogP contribution is 2.14. The molecular formula is C18H25NOSi. The Morgan fingerprint density at radius 2 is 1.38 bits per heavy atom. The third-order valence-corrected chi connectivity index (χ3v) is 9.25. The molecule has 3 heteroatoms. The van der Waals surface area contributed by atoms with Crippen LogP contribution in [-0.4, -0.2) is 25.5 Å². The second kappa shape index (κ2) is 7.55. The Bertz CT molecular complexity index is 490. The van der Waals surface area contributed by atoms with Crippen molar-refractivity contribution in [1.82, 2.24) is 0 Å². The highest BCUT2D eigenvalue weighted by Gasteiger charge is 2.37. The molecule has 2 aromatic carbocycles. The van der Waals surface area contributed by atoms with E-state index in [0.717, 1.165) is 19.3 Å². The third kappa shape index (κ3) is 3.62. The summed E-state index contributed by atoms with van der Waals surface area (Å²) in [5, 5.41) is 11.8. The van der Waals surface area contributed by atoms with Crippen molar-refractivity contribution >= 4 is 18.4 Å². The molecule has 2 aromatic rings. The van der Waals surface area contributed by atoms with Crippen molar-refractivity contribution < 1.29 is 5.11 Å². The smallest absolute Gasteiger partial charge is 0.131 e. The van der Waals surface area contributed by atoms with Gasteiger partial charge in [-0.2, -0.15) is 0 Å². The number of hydrogen-bond acceptors (Lipinski definition) is 2. The lowest BCUT2D eigenvalue weighted by Crippen LogP contribution is -2.67. The van der Waals surface area contributed by atoms with Crippen LogP contribution in [0.25, 0.3) is 0 Å². The van der Waals surface area contributed by atoms with Gasteiger partial charge in [-0.1, -0.05) is 77.6 Å². The molecule has 2 nitrogen and oxygen atoms in total. The summed E-state index contributed by atoms with van der Waals surface area (Å²) in [6, 6.07) is 21.4. The van der Waals surface area contributed by atoms with Crippen molar-refractivity contribution in [3.05, 3.63) is 60.7 Å². The molecule has 0 saturated heterocycles. The quantitative estimate of drug-likeness (QED) is 0.606. The number of hydrogen-bond donors (Lipinski definition) is 2. The van der Waals surface area contributed by atoms with E-state index in [1.807, 2.05) is 0 Å². The van der Waals surface area contributed by atoms with Crippen LogP contribution < -0.4 is 16.1 Å². The molecule has 0 aliphatic carbocycles. The van der Waals surface area contributed by atoms with Crippen LogP contribution in [0.2, 0.25) is 6.55 Å². The van der Waals surface area contributed by atoms with Gasteiger partial charge in [0.25, 0.3) is 0 Å². The average Bonchev–Trinajstić information content (AvgIpc) is 2.56. The second-order valence-corrected chi connectivity index (χ2v) is 10.1. The van der Waals surface area contributed by atoms with Gasteiger partial charge in [0.15, 0.2) is 0 Å². The summed E-state index contributed by atoms with van der Waals surface area (Å²) in [5.74, 6) is 0. The molecule has 112 valence electrons. The van der Waals surface area contributed by atoms with Gasteiger partial charge < -0.3 is 10.8 Å². The average molecular weight is 299 g/mol. The highest BCUT2D eigenvalue weighted by atomic mass is 28.3. The van der Waals surface area contributed by atoms with Gasteiger partial charge in [-0.25, -0.2) is 0 Å². The molecule has 3 N–H and O–H groups in total. The Morgan fingerprint density at radius 1 is 0.905 bits per heavy atom. The summed E-state index contributed by atoms with van der Waals surface area (Å²) in [6.45, 7) is 2.61. The van der Waals surface area contributed by atoms with Gasteiger partial charge in [-0.15, -0.1) is 0 Å². The van der Waals surface area contributed by atoms with E-state index in [0.29, 0.717) is 0 Å². The minimum absolute atomic E-state index is 0.161. The first-order chi connectivity index (χ1) is 10.2. The first kappa shape index (κ1) is 16.0. The van der Waals surface area contributed by atoms with Crippen LogP contribution in [0.3, 0.4) is 0 Å². The second-order valence-electron chi connectivity index (χ2n) is 5.76. The van der Waals surface area contributed by atoms with E-state index in [-0.39, 0.29) is 12.3 Å². The fourth-order valence-corrected chi connectivity index (χ4v) is 6.67. The van der Waals surface area contributed by atoms with E-state index in [1.54, 1.807) is 0 Å². The van der Waals surface area contributed by atoms with Crippen molar-refractivity contribution in [1.29, 1.82) is 0 Å². The van der Waals surface area contributed by atoms with Gasteiger partial charge in [0, 0.05) is 12.3 Å². The molecule has 0 aromatic heterocycles. The Morgan fingerprint density at radius 3 is 1.81 bits per heavy atom. The van der Waals surface area contributed by atoms with Crippen LogP contribution >= 0.6 is 0 Å². The van der Waals surface area contributed by atoms with Crippen LogP contribution in [-0.2, 0) is 0 Å². The van der Waals surface area contributed by atoms with E-state index in [9.17, 15) is 0 Å². The van der Waals surface area contributed by atoms with Crippen LogP contribution in [0.15, 0.2) is 60.7 Å². The molecule has 0 aliphatic heterocycles.